The van der Waals surface area contributed by atoms with Gasteiger partial charge in [0.25, 0.3) is 0 Å². The zero-order chi connectivity index (χ0) is 13.0. The third kappa shape index (κ3) is 2.48. The second-order valence-corrected chi connectivity index (χ2v) is 4.35. The molecule has 2 aromatic rings. The Morgan fingerprint density at radius 1 is 1.17 bits per heavy atom. The summed E-state index contributed by atoms with van der Waals surface area (Å²) in [7, 11) is 0. The van der Waals surface area contributed by atoms with Crippen molar-refractivity contribution >= 4 is 5.78 Å². The molecule has 0 saturated heterocycles. The van der Waals surface area contributed by atoms with Gasteiger partial charge in [-0.25, -0.2) is 0 Å². The summed E-state index contributed by atoms with van der Waals surface area (Å²) in [5.41, 5.74) is 2.75. The fourth-order valence-corrected chi connectivity index (χ4v) is 2.07. The Bertz CT molecular complexity index is 534. The highest BCUT2D eigenvalue weighted by atomic mass is 16.1. The van der Waals surface area contributed by atoms with Gasteiger partial charge in [0.05, 0.1) is 11.6 Å². The minimum absolute atomic E-state index is 0.145. The number of carbonyl (C=O) groups is 1. The molecule has 0 radical (unpaired) electrons. The van der Waals surface area contributed by atoms with Crippen LogP contribution in [0, 0.1) is 0 Å². The summed E-state index contributed by atoms with van der Waals surface area (Å²) in [6, 6.07) is 13.5. The number of pyridine rings is 1. The molecule has 1 aromatic heterocycles. The molecule has 0 spiro atoms. The SMILES string of the molecule is CCc1ccccc1C(=O)C(C)c1ccccn1. The van der Waals surface area contributed by atoms with E-state index in [0.29, 0.717) is 0 Å². The van der Waals surface area contributed by atoms with Crippen LogP contribution in [0.3, 0.4) is 0 Å². The minimum Gasteiger partial charge on any atom is -0.293 e. The van der Waals surface area contributed by atoms with Crippen molar-refractivity contribution < 1.29 is 4.79 Å². The van der Waals surface area contributed by atoms with Gasteiger partial charge in [-0.3, -0.25) is 9.78 Å². The van der Waals surface area contributed by atoms with Crippen LogP contribution in [0.5, 0.6) is 0 Å². The molecule has 2 heteroatoms. The molecule has 0 bridgehead atoms. The summed E-state index contributed by atoms with van der Waals surface area (Å²) in [6.45, 7) is 3.98. The van der Waals surface area contributed by atoms with Crippen LogP contribution < -0.4 is 0 Å². The summed E-state index contributed by atoms with van der Waals surface area (Å²) >= 11 is 0. The number of Topliss-reactive ketones (excluding diaryl/α,β-unsaturated/α-hetero) is 1. The van der Waals surface area contributed by atoms with Crippen molar-refractivity contribution in [1.82, 2.24) is 4.98 Å². The molecule has 18 heavy (non-hydrogen) atoms. The highest BCUT2D eigenvalue weighted by Gasteiger charge is 2.19. The molecule has 1 aromatic carbocycles. The Hall–Kier alpha value is -1.96. The quantitative estimate of drug-likeness (QED) is 0.762. The predicted octanol–water partition coefficient (Wildman–Crippen LogP) is 3.63. The first-order valence-corrected chi connectivity index (χ1v) is 6.27. The van der Waals surface area contributed by atoms with Gasteiger partial charge in [0.2, 0.25) is 0 Å². The normalized spacial score (nSPS) is 12.1. The molecule has 0 fully saturated rings. The first-order chi connectivity index (χ1) is 8.74. The number of aryl methyl sites for hydroxylation is 1. The van der Waals surface area contributed by atoms with Gasteiger partial charge < -0.3 is 0 Å². The number of carbonyl (C=O) groups excluding carboxylic acids is 1. The standard InChI is InChI=1S/C16H17NO/c1-3-13-8-4-5-9-14(13)16(18)12(2)15-10-6-7-11-17-15/h4-12H,3H2,1-2H3. The number of benzene rings is 1. The Labute approximate surface area is 108 Å². The largest absolute Gasteiger partial charge is 0.293 e. The first kappa shape index (κ1) is 12.5. The van der Waals surface area contributed by atoms with Crippen molar-refractivity contribution in [1.29, 1.82) is 0 Å². The molecular weight excluding hydrogens is 222 g/mol. The van der Waals surface area contributed by atoms with Gasteiger partial charge in [0.15, 0.2) is 5.78 Å². The van der Waals surface area contributed by atoms with Crippen molar-refractivity contribution in [3.8, 4) is 0 Å². The van der Waals surface area contributed by atoms with Gasteiger partial charge in [-0.05, 0) is 31.0 Å². The van der Waals surface area contributed by atoms with E-state index in [4.69, 9.17) is 0 Å². The molecular formula is C16H17NO. The van der Waals surface area contributed by atoms with Crippen LogP contribution in [0.4, 0.5) is 0 Å². The molecule has 0 aliphatic carbocycles. The molecule has 0 aliphatic heterocycles. The summed E-state index contributed by atoms with van der Waals surface area (Å²) in [5.74, 6) is -0.0509. The highest BCUT2D eigenvalue weighted by molar-refractivity contribution is 6.01. The summed E-state index contributed by atoms with van der Waals surface area (Å²) in [5, 5.41) is 0. The number of hydrogen-bond acceptors (Lipinski definition) is 2. The molecule has 1 unspecified atom stereocenters. The number of hydrogen-bond donors (Lipinski definition) is 0. The average Bonchev–Trinajstić information content (AvgIpc) is 2.46. The maximum absolute atomic E-state index is 12.5. The third-order valence-electron chi connectivity index (χ3n) is 3.19. The van der Waals surface area contributed by atoms with E-state index in [2.05, 4.69) is 11.9 Å². The van der Waals surface area contributed by atoms with Crippen LogP contribution >= 0.6 is 0 Å². The van der Waals surface area contributed by atoms with Crippen LogP contribution in [0.1, 0.15) is 41.4 Å². The molecule has 0 N–H and O–H groups in total. The van der Waals surface area contributed by atoms with Gasteiger partial charge in [-0.1, -0.05) is 37.3 Å². The first-order valence-electron chi connectivity index (χ1n) is 6.27. The van der Waals surface area contributed by atoms with Crippen LogP contribution in [0.25, 0.3) is 0 Å². The Morgan fingerprint density at radius 2 is 1.89 bits per heavy atom. The molecule has 0 amide bonds. The summed E-state index contributed by atoms with van der Waals surface area (Å²) in [6.07, 6.45) is 2.60. The van der Waals surface area contributed by atoms with E-state index in [-0.39, 0.29) is 11.7 Å². The lowest BCUT2D eigenvalue weighted by molar-refractivity contribution is 0.0963. The van der Waals surface area contributed by atoms with Gasteiger partial charge in [0.1, 0.15) is 0 Å². The monoisotopic (exact) mass is 239 g/mol. The summed E-state index contributed by atoms with van der Waals surface area (Å²) in [4.78, 5) is 16.7. The van der Waals surface area contributed by atoms with Crippen molar-refractivity contribution in [3.63, 3.8) is 0 Å². The zero-order valence-electron chi connectivity index (χ0n) is 10.8. The van der Waals surface area contributed by atoms with Crippen LogP contribution in [-0.2, 0) is 6.42 Å². The number of ketones is 1. The van der Waals surface area contributed by atoms with Gasteiger partial charge >= 0.3 is 0 Å². The number of rotatable bonds is 4. The van der Waals surface area contributed by atoms with Crippen molar-refractivity contribution in [2.75, 3.05) is 0 Å². The molecule has 2 nitrogen and oxygen atoms in total. The Kier molecular flexibility index (Phi) is 3.88. The van der Waals surface area contributed by atoms with Crippen molar-refractivity contribution in [2.45, 2.75) is 26.2 Å². The maximum atomic E-state index is 12.5. The lowest BCUT2D eigenvalue weighted by Crippen LogP contribution is -2.12. The van der Waals surface area contributed by atoms with Gasteiger partial charge in [-0.15, -0.1) is 0 Å². The van der Waals surface area contributed by atoms with E-state index in [1.807, 2.05) is 49.4 Å². The van der Waals surface area contributed by atoms with E-state index in [9.17, 15) is 4.79 Å². The predicted molar refractivity (Wildman–Crippen MR) is 72.8 cm³/mol. The third-order valence-corrected chi connectivity index (χ3v) is 3.19. The fourth-order valence-electron chi connectivity index (χ4n) is 2.07. The van der Waals surface area contributed by atoms with Gasteiger partial charge in [-0.2, -0.15) is 0 Å². The summed E-state index contributed by atoms with van der Waals surface area (Å²) < 4.78 is 0. The average molecular weight is 239 g/mol. The lowest BCUT2D eigenvalue weighted by Gasteiger charge is -2.12. The highest BCUT2D eigenvalue weighted by Crippen LogP contribution is 2.21. The Morgan fingerprint density at radius 3 is 2.56 bits per heavy atom. The van der Waals surface area contributed by atoms with E-state index in [1.165, 1.54) is 0 Å². The van der Waals surface area contributed by atoms with E-state index < -0.39 is 0 Å². The zero-order valence-corrected chi connectivity index (χ0v) is 10.8. The van der Waals surface area contributed by atoms with E-state index in [1.54, 1.807) is 6.20 Å². The molecule has 1 heterocycles. The number of nitrogens with zero attached hydrogens (tertiary/aromatic N) is 1. The second kappa shape index (κ2) is 5.58. The van der Waals surface area contributed by atoms with E-state index in [0.717, 1.165) is 23.2 Å². The number of aromatic nitrogens is 1. The Balaban J connectivity index is 2.32. The molecule has 0 saturated carbocycles. The van der Waals surface area contributed by atoms with Crippen LogP contribution in [0.15, 0.2) is 48.7 Å². The molecule has 1 atom stereocenters. The molecule has 92 valence electrons. The van der Waals surface area contributed by atoms with Crippen molar-refractivity contribution in [2.24, 2.45) is 0 Å². The smallest absolute Gasteiger partial charge is 0.171 e. The fraction of sp³-hybridized carbons (Fsp3) is 0.250. The van der Waals surface area contributed by atoms with E-state index >= 15 is 0 Å². The van der Waals surface area contributed by atoms with Gasteiger partial charge in [0, 0.05) is 11.8 Å². The molecule has 2 rings (SSSR count). The van der Waals surface area contributed by atoms with Crippen LogP contribution in [0.2, 0.25) is 0 Å². The lowest BCUT2D eigenvalue weighted by atomic mass is 9.92. The minimum atomic E-state index is -0.195. The van der Waals surface area contributed by atoms with Crippen molar-refractivity contribution in [3.05, 3.63) is 65.5 Å². The van der Waals surface area contributed by atoms with Crippen LogP contribution in [-0.4, -0.2) is 10.8 Å². The second-order valence-electron chi connectivity index (χ2n) is 4.35. The maximum Gasteiger partial charge on any atom is 0.171 e. The topological polar surface area (TPSA) is 30.0 Å². The molecule has 0 aliphatic rings.